The Morgan fingerprint density at radius 3 is 2.33 bits per heavy atom. The molecule has 0 bridgehead atoms. The molecule has 72 valence electrons. The van der Waals surface area contributed by atoms with Crippen LogP contribution in [-0.4, -0.2) is 24.9 Å². The summed E-state index contributed by atoms with van der Waals surface area (Å²) in [5.74, 6) is 0.889. The van der Waals surface area contributed by atoms with Gasteiger partial charge in [0.2, 0.25) is 0 Å². The molecule has 0 aliphatic heterocycles. The van der Waals surface area contributed by atoms with E-state index in [1.807, 2.05) is 0 Å². The molecule has 1 amide bonds. The number of hydrogen-bond donors (Lipinski definition) is 2. The van der Waals surface area contributed by atoms with Crippen LogP contribution in [0.1, 0.15) is 25.7 Å². The lowest BCUT2D eigenvalue weighted by atomic mass is 10.1. The zero-order valence-electron chi connectivity index (χ0n) is 7.45. The number of methoxy groups -OCH3 is 1. The van der Waals surface area contributed by atoms with Gasteiger partial charge in [0.1, 0.15) is 0 Å². The number of hydrogen-bond acceptors (Lipinski definition) is 2. The van der Waals surface area contributed by atoms with Gasteiger partial charge in [0.15, 0.2) is 0 Å². The molecule has 1 rings (SSSR count). The second-order valence-electron chi connectivity index (χ2n) is 2.94. The molecule has 0 heterocycles. The summed E-state index contributed by atoms with van der Waals surface area (Å²) < 4.78 is 5.03. The van der Waals surface area contributed by atoms with E-state index in [1.165, 1.54) is 25.7 Å². The van der Waals surface area contributed by atoms with Crippen molar-refractivity contribution in [3.05, 3.63) is 0 Å². The predicted octanol–water partition coefficient (Wildman–Crippen LogP) is 1.45. The fraction of sp³-hybridized carbons (Fsp3) is 0.875. The van der Waals surface area contributed by atoms with Gasteiger partial charge in [-0.15, -0.1) is 0 Å². The highest BCUT2D eigenvalue weighted by Gasteiger charge is 2.13. The summed E-state index contributed by atoms with van der Waals surface area (Å²) in [6.45, 7) is 0.986. The average molecular weight is 175 g/mol. The van der Waals surface area contributed by atoms with Crippen LogP contribution in [0, 0.1) is 5.92 Å². The van der Waals surface area contributed by atoms with Gasteiger partial charge in [0.05, 0.1) is 0 Å². The van der Waals surface area contributed by atoms with Crippen LogP contribution in [0.5, 0.6) is 0 Å². The van der Waals surface area contributed by atoms with E-state index >= 15 is 0 Å². The van der Waals surface area contributed by atoms with Crippen LogP contribution in [0.15, 0.2) is 0 Å². The monoisotopic (exact) mass is 175 g/mol. The van der Waals surface area contributed by atoms with Crippen molar-refractivity contribution in [3.8, 4) is 0 Å². The standard InChI is InChI=1S/C7H14O.CH3NO2/c1-8-6-7-4-2-3-5-7;2-1(3)4/h7H,2-6H2,1H3;2H2,(H,3,4). The highest BCUT2D eigenvalue weighted by molar-refractivity contribution is 5.61. The van der Waals surface area contributed by atoms with E-state index in [0.29, 0.717) is 0 Å². The van der Waals surface area contributed by atoms with Crippen LogP contribution >= 0.6 is 0 Å². The molecule has 0 radical (unpaired) electrons. The molecule has 0 spiro atoms. The smallest absolute Gasteiger partial charge is 0.402 e. The predicted molar refractivity (Wildman–Crippen MR) is 46.0 cm³/mol. The summed E-state index contributed by atoms with van der Waals surface area (Å²) in [4.78, 5) is 8.78. The highest BCUT2D eigenvalue weighted by atomic mass is 16.5. The quantitative estimate of drug-likeness (QED) is 0.667. The number of ether oxygens (including phenoxy) is 1. The lowest BCUT2D eigenvalue weighted by molar-refractivity contribution is 0.155. The van der Waals surface area contributed by atoms with Crippen molar-refractivity contribution >= 4 is 6.09 Å². The van der Waals surface area contributed by atoms with Crippen molar-refractivity contribution in [2.45, 2.75) is 25.7 Å². The maximum atomic E-state index is 8.78. The van der Waals surface area contributed by atoms with Gasteiger partial charge < -0.3 is 15.6 Å². The minimum Gasteiger partial charge on any atom is -0.465 e. The largest absolute Gasteiger partial charge is 0.465 e. The third-order valence-electron chi connectivity index (χ3n) is 1.88. The van der Waals surface area contributed by atoms with Crippen LogP contribution in [0.4, 0.5) is 4.79 Å². The normalized spacial score (nSPS) is 16.8. The molecule has 3 N–H and O–H groups in total. The molecule has 1 fully saturated rings. The molecule has 0 unspecified atom stereocenters. The molecule has 12 heavy (non-hydrogen) atoms. The fourth-order valence-electron chi connectivity index (χ4n) is 1.41. The van der Waals surface area contributed by atoms with Gasteiger partial charge in [-0.05, 0) is 18.8 Å². The lowest BCUT2D eigenvalue weighted by Gasteiger charge is -2.04. The average Bonchev–Trinajstić information content (AvgIpc) is 2.39. The lowest BCUT2D eigenvalue weighted by Crippen LogP contribution is -2.03. The number of primary amides is 1. The van der Waals surface area contributed by atoms with Crippen molar-refractivity contribution in [3.63, 3.8) is 0 Å². The topological polar surface area (TPSA) is 72.5 Å². The minimum atomic E-state index is -1.33. The molecular weight excluding hydrogens is 158 g/mol. The van der Waals surface area contributed by atoms with Gasteiger partial charge in [-0.3, -0.25) is 0 Å². The second-order valence-corrected chi connectivity index (χ2v) is 2.94. The third kappa shape index (κ3) is 7.34. The molecular formula is C8H17NO3. The first kappa shape index (κ1) is 11.2. The molecule has 1 aliphatic carbocycles. The number of carbonyl (C=O) groups is 1. The summed E-state index contributed by atoms with van der Waals surface area (Å²) >= 11 is 0. The van der Waals surface area contributed by atoms with Gasteiger partial charge in [0.25, 0.3) is 0 Å². The van der Waals surface area contributed by atoms with E-state index in [0.717, 1.165) is 12.5 Å². The van der Waals surface area contributed by atoms with E-state index in [4.69, 9.17) is 14.6 Å². The molecule has 0 atom stereocenters. The van der Waals surface area contributed by atoms with E-state index < -0.39 is 6.09 Å². The van der Waals surface area contributed by atoms with Crippen molar-refractivity contribution < 1.29 is 14.6 Å². The summed E-state index contributed by atoms with van der Waals surface area (Å²) in [6.07, 6.45) is 4.31. The maximum absolute atomic E-state index is 8.78. The number of carboxylic acid groups (broad SMARTS) is 1. The highest BCUT2D eigenvalue weighted by Crippen LogP contribution is 2.24. The molecule has 0 aromatic carbocycles. The molecule has 1 aliphatic rings. The van der Waals surface area contributed by atoms with Crippen molar-refractivity contribution in [1.82, 2.24) is 0 Å². The summed E-state index contributed by atoms with van der Waals surface area (Å²) in [5, 5.41) is 7.19. The Morgan fingerprint density at radius 1 is 1.58 bits per heavy atom. The maximum Gasteiger partial charge on any atom is 0.402 e. The van der Waals surface area contributed by atoms with E-state index in [-0.39, 0.29) is 0 Å². The van der Waals surface area contributed by atoms with Crippen LogP contribution in [0.2, 0.25) is 0 Å². The van der Waals surface area contributed by atoms with Crippen LogP contribution < -0.4 is 5.73 Å². The van der Waals surface area contributed by atoms with Gasteiger partial charge in [-0.2, -0.15) is 0 Å². The first-order chi connectivity index (χ1) is 5.66. The summed E-state index contributed by atoms with van der Waals surface area (Å²) in [5.41, 5.74) is 4.03. The van der Waals surface area contributed by atoms with Crippen molar-refractivity contribution in [2.24, 2.45) is 11.7 Å². The molecule has 0 aromatic rings. The fourth-order valence-corrected chi connectivity index (χ4v) is 1.41. The van der Waals surface area contributed by atoms with Crippen molar-refractivity contribution in [2.75, 3.05) is 13.7 Å². The SMILES string of the molecule is COCC1CCCC1.NC(=O)O. The van der Waals surface area contributed by atoms with Gasteiger partial charge >= 0.3 is 6.09 Å². The molecule has 0 aromatic heterocycles. The molecule has 4 heteroatoms. The molecule has 4 nitrogen and oxygen atoms in total. The Hall–Kier alpha value is -0.770. The second kappa shape index (κ2) is 6.91. The third-order valence-corrected chi connectivity index (χ3v) is 1.88. The van der Waals surface area contributed by atoms with Crippen LogP contribution in [0.3, 0.4) is 0 Å². The minimum absolute atomic E-state index is 0.889. The summed E-state index contributed by atoms with van der Waals surface area (Å²) in [6, 6.07) is 0. The van der Waals surface area contributed by atoms with Gasteiger partial charge in [0, 0.05) is 13.7 Å². The Balaban J connectivity index is 0.000000261. The number of amides is 1. The summed E-state index contributed by atoms with van der Waals surface area (Å²) in [7, 11) is 1.79. The van der Waals surface area contributed by atoms with Gasteiger partial charge in [-0.25, -0.2) is 4.79 Å². The first-order valence-corrected chi connectivity index (χ1v) is 4.14. The Kier molecular flexibility index (Phi) is 6.47. The molecule has 0 saturated heterocycles. The van der Waals surface area contributed by atoms with Crippen molar-refractivity contribution in [1.29, 1.82) is 0 Å². The van der Waals surface area contributed by atoms with Crippen LogP contribution in [-0.2, 0) is 4.74 Å². The molecule has 1 saturated carbocycles. The number of rotatable bonds is 2. The first-order valence-electron chi connectivity index (χ1n) is 4.14. The van der Waals surface area contributed by atoms with E-state index in [2.05, 4.69) is 5.73 Å². The van der Waals surface area contributed by atoms with E-state index in [9.17, 15) is 0 Å². The Bertz CT molecular complexity index is 117. The Morgan fingerprint density at radius 2 is 2.00 bits per heavy atom. The van der Waals surface area contributed by atoms with Gasteiger partial charge in [-0.1, -0.05) is 12.8 Å². The van der Waals surface area contributed by atoms with Crippen LogP contribution in [0.25, 0.3) is 0 Å². The Labute approximate surface area is 72.7 Å². The zero-order valence-corrected chi connectivity index (χ0v) is 7.45. The zero-order chi connectivity index (χ0) is 9.40. The number of nitrogens with two attached hydrogens (primary N) is 1. The van der Waals surface area contributed by atoms with E-state index in [1.54, 1.807) is 7.11 Å².